The van der Waals surface area contributed by atoms with E-state index in [0.717, 1.165) is 25.0 Å². The normalized spacial score (nSPS) is 39.5. The highest BCUT2D eigenvalue weighted by molar-refractivity contribution is 4.82. The van der Waals surface area contributed by atoms with Crippen molar-refractivity contribution in [1.82, 2.24) is 0 Å². The van der Waals surface area contributed by atoms with Gasteiger partial charge in [0.1, 0.15) is 0 Å². The van der Waals surface area contributed by atoms with E-state index in [9.17, 15) is 0 Å². The van der Waals surface area contributed by atoms with E-state index in [1.165, 1.54) is 6.42 Å². The first-order valence-corrected chi connectivity index (χ1v) is 4.62. The highest BCUT2D eigenvalue weighted by Crippen LogP contribution is 2.37. The van der Waals surface area contributed by atoms with E-state index in [1.807, 2.05) is 0 Å². The standard InChI is InChI=1S/C10H20O/c1-8(2)10(4)5-9(3)6-11-7-10/h8-9H,5-7H2,1-4H3. The number of hydrogen-bond donors (Lipinski definition) is 0. The topological polar surface area (TPSA) is 9.23 Å². The summed E-state index contributed by atoms with van der Waals surface area (Å²) in [5, 5.41) is 0. The van der Waals surface area contributed by atoms with Crippen LogP contribution in [-0.2, 0) is 4.74 Å². The molecule has 1 fully saturated rings. The smallest absolute Gasteiger partial charge is 0.0522 e. The second-order valence-electron chi connectivity index (χ2n) is 4.63. The lowest BCUT2D eigenvalue weighted by molar-refractivity contribution is -0.0506. The van der Waals surface area contributed by atoms with Gasteiger partial charge in [0.15, 0.2) is 0 Å². The molecule has 0 spiro atoms. The van der Waals surface area contributed by atoms with Gasteiger partial charge in [-0.2, -0.15) is 0 Å². The van der Waals surface area contributed by atoms with Crippen molar-refractivity contribution >= 4 is 0 Å². The summed E-state index contributed by atoms with van der Waals surface area (Å²) in [5.74, 6) is 1.49. The molecule has 0 bridgehead atoms. The van der Waals surface area contributed by atoms with E-state index in [4.69, 9.17) is 4.74 Å². The first-order chi connectivity index (χ1) is 5.04. The van der Waals surface area contributed by atoms with Crippen LogP contribution in [-0.4, -0.2) is 13.2 Å². The summed E-state index contributed by atoms with van der Waals surface area (Å²) in [5.41, 5.74) is 0.428. The third-order valence-corrected chi connectivity index (χ3v) is 3.04. The van der Waals surface area contributed by atoms with Crippen LogP contribution in [0.3, 0.4) is 0 Å². The van der Waals surface area contributed by atoms with Gasteiger partial charge >= 0.3 is 0 Å². The Morgan fingerprint density at radius 2 is 2.09 bits per heavy atom. The minimum absolute atomic E-state index is 0.428. The Morgan fingerprint density at radius 1 is 1.45 bits per heavy atom. The minimum Gasteiger partial charge on any atom is -0.381 e. The maximum atomic E-state index is 5.56. The van der Waals surface area contributed by atoms with Crippen molar-refractivity contribution in [2.75, 3.05) is 13.2 Å². The Bertz CT molecular complexity index is 131. The van der Waals surface area contributed by atoms with Gasteiger partial charge in [0, 0.05) is 6.61 Å². The van der Waals surface area contributed by atoms with Crippen molar-refractivity contribution in [1.29, 1.82) is 0 Å². The van der Waals surface area contributed by atoms with Gasteiger partial charge in [-0.05, 0) is 23.7 Å². The van der Waals surface area contributed by atoms with Crippen LogP contribution in [0.2, 0.25) is 0 Å². The predicted octanol–water partition coefficient (Wildman–Crippen LogP) is 2.71. The van der Waals surface area contributed by atoms with Gasteiger partial charge in [0.25, 0.3) is 0 Å². The van der Waals surface area contributed by atoms with Crippen molar-refractivity contribution in [2.24, 2.45) is 17.3 Å². The lowest BCUT2D eigenvalue weighted by atomic mass is 9.72. The lowest BCUT2D eigenvalue weighted by Gasteiger charge is -2.40. The maximum Gasteiger partial charge on any atom is 0.0522 e. The predicted molar refractivity (Wildman–Crippen MR) is 47.5 cm³/mol. The molecule has 1 aliphatic heterocycles. The molecule has 0 aromatic carbocycles. The Labute approximate surface area is 70.1 Å². The molecule has 1 aliphatic rings. The molecule has 66 valence electrons. The summed E-state index contributed by atoms with van der Waals surface area (Å²) >= 11 is 0. The molecule has 2 atom stereocenters. The van der Waals surface area contributed by atoms with Crippen molar-refractivity contribution in [3.63, 3.8) is 0 Å². The Hall–Kier alpha value is -0.0400. The van der Waals surface area contributed by atoms with Gasteiger partial charge in [0.05, 0.1) is 6.61 Å². The number of hydrogen-bond acceptors (Lipinski definition) is 1. The molecule has 0 amide bonds. The van der Waals surface area contributed by atoms with E-state index in [0.29, 0.717) is 5.41 Å². The molecule has 1 saturated heterocycles. The van der Waals surface area contributed by atoms with Gasteiger partial charge < -0.3 is 4.74 Å². The summed E-state index contributed by atoms with van der Waals surface area (Å²) in [6.07, 6.45) is 1.32. The molecule has 1 rings (SSSR count). The second kappa shape index (κ2) is 3.14. The summed E-state index contributed by atoms with van der Waals surface area (Å²) in [7, 11) is 0. The Balaban J connectivity index is 2.55. The van der Waals surface area contributed by atoms with Gasteiger partial charge in [0.2, 0.25) is 0 Å². The van der Waals surface area contributed by atoms with Crippen molar-refractivity contribution in [3.05, 3.63) is 0 Å². The zero-order valence-electron chi connectivity index (χ0n) is 8.18. The Kier molecular flexibility index (Phi) is 2.58. The molecule has 0 radical (unpaired) electrons. The van der Waals surface area contributed by atoms with Gasteiger partial charge in [-0.15, -0.1) is 0 Å². The molecule has 0 aromatic heterocycles. The molecule has 0 N–H and O–H groups in total. The molecular formula is C10H20O. The number of ether oxygens (including phenoxy) is 1. The summed E-state index contributed by atoms with van der Waals surface area (Å²) < 4.78 is 5.56. The summed E-state index contributed by atoms with van der Waals surface area (Å²) in [4.78, 5) is 0. The van der Waals surface area contributed by atoms with Crippen LogP contribution in [0.25, 0.3) is 0 Å². The third-order valence-electron chi connectivity index (χ3n) is 3.04. The SMILES string of the molecule is CC1COCC(C)(C(C)C)C1. The number of rotatable bonds is 1. The van der Waals surface area contributed by atoms with E-state index in [2.05, 4.69) is 27.7 Å². The van der Waals surface area contributed by atoms with Crippen LogP contribution in [0.15, 0.2) is 0 Å². The molecule has 1 nitrogen and oxygen atoms in total. The average Bonchev–Trinajstić information content (AvgIpc) is 1.86. The average molecular weight is 156 g/mol. The van der Waals surface area contributed by atoms with E-state index in [-0.39, 0.29) is 0 Å². The van der Waals surface area contributed by atoms with Crippen LogP contribution >= 0.6 is 0 Å². The van der Waals surface area contributed by atoms with Gasteiger partial charge in [-0.25, -0.2) is 0 Å². The molecule has 2 unspecified atom stereocenters. The fourth-order valence-corrected chi connectivity index (χ4v) is 1.81. The molecule has 0 saturated carbocycles. The second-order valence-corrected chi connectivity index (χ2v) is 4.63. The van der Waals surface area contributed by atoms with E-state index < -0.39 is 0 Å². The fraction of sp³-hybridized carbons (Fsp3) is 1.00. The fourth-order valence-electron chi connectivity index (χ4n) is 1.81. The molecule has 0 aliphatic carbocycles. The molecule has 1 heterocycles. The first-order valence-electron chi connectivity index (χ1n) is 4.62. The maximum absolute atomic E-state index is 5.56. The highest BCUT2D eigenvalue weighted by atomic mass is 16.5. The zero-order chi connectivity index (χ0) is 8.48. The third kappa shape index (κ3) is 1.96. The minimum atomic E-state index is 0.428. The van der Waals surface area contributed by atoms with Crippen LogP contribution in [0.5, 0.6) is 0 Å². The van der Waals surface area contributed by atoms with Crippen molar-refractivity contribution in [3.8, 4) is 0 Å². The molecule has 1 heteroatoms. The van der Waals surface area contributed by atoms with Gasteiger partial charge in [-0.1, -0.05) is 27.7 Å². The first kappa shape index (κ1) is 9.05. The van der Waals surface area contributed by atoms with E-state index in [1.54, 1.807) is 0 Å². The Morgan fingerprint density at radius 3 is 2.45 bits per heavy atom. The quantitative estimate of drug-likeness (QED) is 0.567. The molecular weight excluding hydrogens is 136 g/mol. The van der Waals surface area contributed by atoms with Crippen molar-refractivity contribution in [2.45, 2.75) is 34.1 Å². The zero-order valence-corrected chi connectivity index (χ0v) is 8.18. The monoisotopic (exact) mass is 156 g/mol. The molecule has 11 heavy (non-hydrogen) atoms. The van der Waals surface area contributed by atoms with Crippen LogP contribution in [0.4, 0.5) is 0 Å². The van der Waals surface area contributed by atoms with E-state index >= 15 is 0 Å². The van der Waals surface area contributed by atoms with Crippen LogP contribution in [0.1, 0.15) is 34.1 Å². The van der Waals surface area contributed by atoms with Crippen LogP contribution in [0, 0.1) is 17.3 Å². The van der Waals surface area contributed by atoms with Gasteiger partial charge in [-0.3, -0.25) is 0 Å². The van der Waals surface area contributed by atoms with Crippen molar-refractivity contribution < 1.29 is 4.74 Å². The highest BCUT2D eigenvalue weighted by Gasteiger charge is 2.33. The lowest BCUT2D eigenvalue weighted by Crippen LogP contribution is -2.37. The summed E-state index contributed by atoms with van der Waals surface area (Å²) in [6, 6.07) is 0. The summed E-state index contributed by atoms with van der Waals surface area (Å²) in [6.45, 7) is 11.1. The van der Waals surface area contributed by atoms with Crippen LogP contribution < -0.4 is 0 Å². The molecule has 0 aromatic rings. The largest absolute Gasteiger partial charge is 0.381 e.